The summed E-state index contributed by atoms with van der Waals surface area (Å²) in [7, 11) is 1.76. The second-order valence-corrected chi connectivity index (χ2v) is 6.06. The molecule has 0 atom stereocenters. The van der Waals surface area contributed by atoms with Crippen LogP contribution in [0.3, 0.4) is 0 Å². The van der Waals surface area contributed by atoms with Gasteiger partial charge in [0.25, 0.3) is 0 Å². The highest BCUT2D eigenvalue weighted by Crippen LogP contribution is 2.27. The molecule has 0 fully saturated rings. The van der Waals surface area contributed by atoms with Crippen LogP contribution < -0.4 is 10.4 Å². The van der Waals surface area contributed by atoms with Crippen LogP contribution in [0.15, 0.2) is 72.2 Å². The minimum atomic E-state index is -0.118. The fourth-order valence-corrected chi connectivity index (χ4v) is 2.94. The van der Waals surface area contributed by atoms with E-state index in [0.717, 1.165) is 40.8 Å². The minimum Gasteiger partial charge on any atom is -0.494 e. The van der Waals surface area contributed by atoms with Crippen LogP contribution in [0.5, 0.6) is 5.75 Å². The van der Waals surface area contributed by atoms with Gasteiger partial charge in [-0.05, 0) is 48.2 Å². The van der Waals surface area contributed by atoms with E-state index in [9.17, 15) is 4.79 Å². The van der Waals surface area contributed by atoms with Crippen molar-refractivity contribution in [2.75, 3.05) is 6.61 Å². The summed E-state index contributed by atoms with van der Waals surface area (Å²) in [6, 6.07) is 14.0. The highest BCUT2D eigenvalue weighted by Gasteiger charge is 2.10. The van der Waals surface area contributed by atoms with Crippen LogP contribution in [0, 0.1) is 0 Å². The Hall–Kier alpha value is -3.23. The van der Waals surface area contributed by atoms with Gasteiger partial charge in [0, 0.05) is 7.05 Å². The van der Waals surface area contributed by atoms with E-state index < -0.39 is 0 Å². The first-order valence-corrected chi connectivity index (χ1v) is 8.56. The molecule has 0 spiro atoms. The molecule has 26 heavy (non-hydrogen) atoms. The lowest BCUT2D eigenvalue weighted by Crippen LogP contribution is -2.18. The summed E-state index contributed by atoms with van der Waals surface area (Å²) >= 11 is 0. The van der Waals surface area contributed by atoms with E-state index in [-0.39, 0.29) is 5.69 Å². The molecule has 1 aromatic heterocycles. The van der Waals surface area contributed by atoms with Gasteiger partial charge >= 0.3 is 5.69 Å². The number of rotatable bonds is 7. The third kappa shape index (κ3) is 3.41. The largest absolute Gasteiger partial charge is 0.494 e. The fourth-order valence-electron chi connectivity index (χ4n) is 2.94. The maximum Gasteiger partial charge on any atom is 0.333 e. The molecular formula is C22H22N2O2. The predicted molar refractivity (Wildman–Crippen MR) is 107 cm³/mol. The van der Waals surface area contributed by atoms with Gasteiger partial charge in [-0.3, -0.25) is 9.13 Å². The van der Waals surface area contributed by atoms with E-state index >= 15 is 0 Å². The van der Waals surface area contributed by atoms with Crippen molar-refractivity contribution in [1.29, 1.82) is 0 Å². The molecule has 0 aliphatic heterocycles. The smallest absolute Gasteiger partial charge is 0.333 e. The molecule has 0 saturated heterocycles. The summed E-state index contributed by atoms with van der Waals surface area (Å²) in [6.07, 6.45) is 5.35. The van der Waals surface area contributed by atoms with Crippen molar-refractivity contribution < 1.29 is 4.74 Å². The fraction of sp³-hybridized carbons (Fsp3) is 0.182. The van der Waals surface area contributed by atoms with Gasteiger partial charge in [-0.25, -0.2) is 4.79 Å². The average molecular weight is 346 g/mol. The SMILES string of the molecule is C=C=Cn1c(=O)n(C)c2cc(-c3cccc(OCCCC=C)c3)ccc21. The number of unbranched alkanes of at least 4 members (excludes halogenated alkanes) is 1. The number of allylic oxidation sites excluding steroid dienone is 1. The topological polar surface area (TPSA) is 36.2 Å². The van der Waals surface area contributed by atoms with Crippen LogP contribution >= 0.6 is 0 Å². The number of imidazole rings is 1. The summed E-state index contributed by atoms with van der Waals surface area (Å²) in [5.41, 5.74) is 6.31. The Morgan fingerprint density at radius 3 is 2.73 bits per heavy atom. The van der Waals surface area contributed by atoms with Gasteiger partial charge in [-0.15, -0.1) is 12.3 Å². The quantitative estimate of drug-likeness (QED) is 0.356. The van der Waals surface area contributed by atoms with Crippen molar-refractivity contribution in [2.45, 2.75) is 12.8 Å². The molecule has 4 nitrogen and oxygen atoms in total. The second kappa shape index (κ2) is 7.77. The normalized spacial score (nSPS) is 10.5. The highest BCUT2D eigenvalue weighted by molar-refractivity contribution is 5.84. The molecular weight excluding hydrogens is 324 g/mol. The summed E-state index contributed by atoms with van der Waals surface area (Å²) in [5.74, 6) is 0.840. The van der Waals surface area contributed by atoms with Crippen LogP contribution in [0.4, 0.5) is 0 Å². The zero-order valence-electron chi connectivity index (χ0n) is 14.9. The second-order valence-electron chi connectivity index (χ2n) is 6.06. The first-order valence-electron chi connectivity index (χ1n) is 8.56. The van der Waals surface area contributed by atoms with Gasteiger partial charge in [-0.1, -0.05) is 30.9 Å². The summed E-state index contributed by atoms with van der Waals surface area (Å²) in [6.45, 7) is 7.94. The molecule has 2 aromatic carbocycles. The van der Waals surface area contributed by atoms with E-state index in [0.29, 0.717) is 6.61 Å². The molecule has 4 heteroatoms. The van der Waals surface area contributed by atoms with E-state index in [2.05, 4.69) is 18.9 Å². The lowest BCUT2D eigenvalue weighted by Gasteiger charge is -2.08. The molecule has 0 amide bonds. The van der Waals surface area contributed by atoms with Crippen LogP contribution in [-0.2, 0) is 7.05 Å². The number of nitrogens with zero attached hydrogens (tertiary/aromatic N) is 2. The maximum atomic E-state index is 12.4. The van der Waals surface area contributed by atoms with E-state index in [4.69, 9.17) is 4.74 Å². The lowest BCUT2D eigenvalue weighted by molar-refractivity contribution is 0.312. The molecule has 1 heterocycles. The first-order chi connectivity index (χ1) is 12.7. The number of benzene rings is 2. The monoisotopic (exact) mass is 346 g/mol. The van der Waals surface area contributed by atoms with Gasteiger partial charge in [0.2, 0.25) is 0 Å². The Bertz CT molecular complexity index is 1050. The van der Waals surface area contributed by atoms with Crippen LogP contribution in [0.1, 0.15) is 12.8 Å². The molecule has 0 bridgehead atoms. The molecule has 3 rings (SSSR count). The molecule has 0 N–H and O–H groups in total. The van der Waals surface area contributed by atoms with Crippen molar-refractivity contribution in [1.82, 2.24) is 9.13 Å². The Morgan fingerprint density at radius 1 is 1.15 bits per heavy atom. The van der Waals surface area contributed by atoms with E-state index in [1.54, 1.807) is 22.4 Å². The van der Waals surface area contributed by atoms with Crippen molar-refractivity contribution in [3.8, 4) is 16.9 Å². The zero-order chi connectivity index (χ0) is 18.5. The first kappa shape index (κ1) is 17.6. The molecule has 0 radical (unpaired) electrons. The summed E-state index contributed by atoms with van der Waals surface area (Å²) in [4.78, 5) is 12.4. The Morgan fingerprint density at radius 2 is 1.96 bits per heavy atom. The van der Waals surface area contributed by atoms with E-state index in [1.165, 1.54) is 0 Å². The van der Waals surface area contributed by atoms with Gasteiger partial charge in [-0.2, -0.15) is 0 Å². The molecule has 0 unspecified atom stereocenters. The lowest BCUT2D eigenvalue weighted by atomic mass is 10.0. The van der Waals surface area contributed by atoms with Crippen LogP contribution in [0.25, 0.3) is 28.4 Å². The Kier molecular flexibility index (Phi) is 5.26. The highest BCUT2D eigenvalue weighted by atomic mass is 16.5. The minimum absolute atomic E-state index is 0.118. The van der Waals surface area contributed by atoms with Crippen LogP contribution in [-0.4, -0.2) is 15.7 Å². The molecule has 132 valence electrons. The van der Waals surface area contributed by atoms with Gasteiger partial charge < -0.3 is 4.74 Å². The number of aromatic nitrogens is 2. The molecule has 0 saturated carbocycles. The van der Waals surface area contributed by atoms with Gasteiger partial charge in [0.15, 0.2) is 0 Å². The average Bonchev–Trinajstić information content (AvgIpc) is 2.90. The maximum absolute atomic E-state index is 12.4. The van der Waals surface area contributed by atoms with Gasteiger partial charge in [0.1, 0.15) is 5.75 Å². The third-order valence-electron chi connectivity index (χ3n) is 4.30. The Labute approximate surface area is 153 Å². The summed E-state index contributed by atoms with van der Waals surface area (Å²) < 4.78 is 8.98. The van der Waals surface area contributed by atoms with E-state index in [1.807, 2.05) is 48.5 Å². The number of fused-ring (bicyclic) bond motifs is 1. The molecule has 0 aliphatic carbocycles. The Balaban J connectivity index is 1.96. The number of hydrogen-bond acceptors (Lipinski definition) is 2. The number of ether oxygens (including phenoxy) is 1. The molecule has 3 aromatic rings. The number of hydrogen-bond donors (Lipinski definition) is 0. The van der Waals surface area contributed by atoms with Crippen molar-refractivity contribution in [3.05, 3.63) is 77.9 Å². The standard InChI is InChI=1S/C22H22N2O2/c1-4-6-7-14-26-19-10-8-9-17(15-19)18-11-12-20-21(16-18)23(3)22(25)24(20)13-5-2/h4,8-13,15-16H,1-2,6-7,14H2,3H3. The molecule has 0 aliphatic rings. The predicted octanol–water partition coefficient (Wildman–Crippen LogP) is 4.61. The number of aryl methyl sites for hydroxylation is 1. The third-order valence-corrected chi connectivity index (χ3v) is 4.30. The van der Waals surface area contributed by atoms with Crippen molar-refractivity contribution >= 4 is 17.2 Å². The summed E-state index contributed by atoms with van der Waals surface area (Å²) in [5, 5.41) is 0. The zero-order valence-corrected chi connectivity index (χ0v) is 14.9. The van der Waals surface area contributed by atoms with Gasteiger partial charge in [0.05, 0.1) is 23.8 Å². The van der Waals surface area contributed by atoms with Crippen LogP contribution in [0.2, 0.25) is 0 Å². The van der Waals surface area contributed by atoms with Crippen molar-refractivity contribution in [2.24, 2.45) is 7.05 Å². The van der Waals surface area contributed by atoms with Crippen molar-refractivity contribution in [3.63, 3.8) is 0 Å².